The van der Waals surface area contributed by atoms with Gasteiger partial charge in [0.25, 0.3) is 5.91 Å². The van der Waals surface area contributed by atoms with Crippen LogP contribution in [0.15, 0.2) is 43.1 Å². The van der Waals surface area contributed by atoms with Gasteiger partial charge in [-0.1, -0.05) is 0 Å². The molecule has 0 bridgehead atoms. The Balaban J connectivity index is 1.69. The zero-order chi connectivity index (χ0) is 27.7. The number of imidazole rings is 1. The van der Waals surface area contributed by atoms with Crippen molar-refractivity contribution in [1.82, 2.24) is 34.7 Å². The Morgan fingerprint density at radius 3 is 2.61 bits per heavy atom. The number of halogens is 2. The summed E-state index contributed by atoms with van der Waals surface area (Å²) in [5.41, 5.74) is -0.519. The van der Waals surface area contributed by atoms with Crippen LogP contribution in [0.25, 0.3) is 17.0 Å². The van der Waals surface area contributed by atoms with E-state index in [1.807, 2.05) is 6.07 Å². The molecule has 0 aliphatic carbocycles. The van der Waals surface area contributed by atoms with Gasteiger partial charge >= 0.3 is 0 Å². The van der Waals surface area contributed by atoms with E-state index in [-0.39, 0.29) is 12.1 Å². The molecule has 4 heterocycles. The molecule has 0 spiro atoms. The van der Waals surface area contributed by atoms with Crippen molar-refractivity contribution in [3.05, 3.63) is 54.2 Å². The van der Waals surface area contributed by atoms with Crippen LogP contribution >= 0.6 is 0 Å². The predicted molar refractivity (Wildman–Crippen MR) is 135 cm³/mol. The van der Waals surface area contributed by atoms with Crippen molar-refractivity contribution in [2.75, 3.05) is 11.9 Å². The molecule has 38 heavy (non-hydrogen) atoms. The van der Waals surface area contributed by atoms with Crippen LogP contribution in [0.4, 0.5) is 20.2 Å². The molecular formula is C25H27F2N9O2. The van der Waals surface area contributed by atoms with Crippen molar-refractivity contribution in [3.8, 4) is 17.5 Å². The summed E-state index contributed by atoms with van der Waals surface area (Å²) in [4.78, 5) is 21.7. The minimum Gasteiger partial charge on any atom is -0.387 e. The van der Waals surface area contributed by atoms with Gasteiger partial charge in [0.1, 0.15) is 23.6 Å². The second kappa shape index (κ2) is 10.1. The lowest BCUT2D eigenvalue weighted by molar-refractivity contribution is -0.00177. The zero-order valence-corrected chi connectivity index (χ0v) is 21.3. The van der Waals surface area contributed by atoms with Crippen LogP contribution in [0.2, 0.25) is 0 Å². The Kier molecular flexibility index (Phi) is 7.10. The second-order valence-corrected chi connectivity index (χ2v) is 9.99. The van der Waals surface area contributed by atoms with Crippen LogP contribution in [0, 0.1) is 11.3 Å². The molecule has 0 fully saturated rings. The molecule has 0 aliphatic rings. The monoisotopic (exact) mass is 523 g/mol. The molecule has 0 unspecified atom stereocenters. The molecule has 0 aromatic carbocycles. The first-order chi connectivity index (χ1) is 17.8. The Bertz CT molecular complexity index is 1510. The molecule has 4 aromatic rings. The van der Waals surface area contributed by atoms with Crippen molar-refractivity contribution in [3.63, 3.8) is 0 Å². The van der Waals surface area contributed by atoms with Crippen molar-refractivity contribution >= 4 is 22.9 Å². The van der Waals surface area contributed by atoms with E-state index in [0.717, 1.165) is 0 Å². The molecule has 0 aliphatic heterocycles. The SMILES string of the molecule is CC(C)(F)Cn1cc(Nc2cc(-c3cnc4cc(C#N)cnn34)ncc2C(=O)NC[C@@H](F)C(C)(C)O)cn1. The molecule has 1 amide bonds. The number of nitriles is 1. The minimum absolute atomic E-state index is 0.0244. The lowest BCUT2D eigenvalue weighted by Crippen LogP contribution is -2.42. The van der Waals surface area contributed by atoms with E-state index in [1.165, 1.54) is 61.7 Å². The van der Waals surface area contributed by atoms with E-state index < -0.39 is 29.9 Å². The number of alkyl halides is 2. The van der Waals surface area contributed by atoms with Gasteiger partial charge in [-0.25, -0.2) is 18.3 Å². The molecule has 1 atom stereocenters. The number of pyridine rings is 1. The standard InChI is InChI=1S/C25H27F2N9O2/c1-24(2,27)14-35-13-16(9-32-35)34-18-6-19(20-11-30-22-5-15(7-28)8-33-36(20)22)29-10-17(18)23(37)31-12-21(26)25(3,4)38/h5-6,8-11,13,21,38H,12,14H2,1-4H3,(H,29,34)(H,31,37)/t21-/m1/s1. The summed E-state index contributed by atoms with van der Waals surface area (Å²) in [5.74, 6) is -0.620. The number of anilines is 2. The molecule has 198 valence electrons. The first kappa shape index (κ1) is 26.6. The van der Waals surface area contributed by atoms with Gasteiger partial charge < -0.3 is 15.7 Å². The number of carbonyl (C=O) groups excluding carboxylic acids is 1. The van der Waals surface area contributed by atoms with E-state index in [1.54, 1.807) is 18.3 Å². The summed E-state index contributed by atoms with van der Waals surface area (Å²) in [6.45, 7) is 5.12. The Hall–Kier alpha value is -4.44. The fourth-order valence-corrected chi connectivity index (χ4v) is 3.57. The number of rotatable bonds is 9. The van der Waals surface area contributed by atoms with Gasteiger partial charge in [-0.3, -0.25) is 14.5 Å². The number of carbonyl (C=O) groups is 1. The summed E-state index contributed by atoms with van der Waals surface area (Å²) in [6.07, 6.45) is 5.64. The van der Waals surface area contributed by atoms with Crippen LogP contribution in [0.1, 0.15) is 43.6 Å². The number of amides is 1. The molecule has 0 radical (unpaired) electrons. The highest BCUT2D eigenvalue weighted by Crippen LogP contribution is 2.27. The highest BCUT2D eigenvalue weighted by molar-refractivity contribution is 6.00. The first-order valence-electron chi connectivity index (χ1n) is 11.7. The smallest absolute Gasteiger partial charge is 0.255 e. The van der Waals surface area contributed by atoms with Crippen LogP contribution < -0.4 is 10.6 Å². The first-order valence-corrected chi connectivity index (χ1v) is 11.7. The maximum absolute atomic E-state index is 14.2. The normalized spacial score (nSPS) is 12.8. The Labute approximate surface area is 217 Å². The number of hydrogen-bond acceptors (Lipinski definition) is 8. The number of hydrogen-bond donors (Lipinski definition) is 3. The van der Waals surface area contributed by atoms with Gasteiger partial charge in [0.2, 0.25) is 0 Å². The summed E-state index contributed by atoms with van der Waals surface area (Å²) >= 11 is 0. The van der Waals surface area contributed by atoms with Gasteiger partial charge in [0.15, 0.2) is 5.65 Å². The summed E-state index contributed by atoms with van der Waals surface area (Å²) in [7, 11) is 0. The number of aromatic nitrogens is 6. The number of nitrogens with one attached hydrogen (secondary N) is 2. The summed E-state index contributed by atoms with van der Waals surface area (Å²) < 4.78 is 31.3. The fourth-order valence-electron chi connectivity index (χ4n) is 3.57. The van der Waals surface area contributed by atoms with Crippen LogP contribution in [0.5, 0.6) is 0 Å². The Morgan fingerprint density at radius 1 is 1.16 bits per heavy atom. The van der Waals surface area contributed by atoms with Gasteiger partial charge in [0, 0.05) is 18.5 Å². The largest absolute Gasteiger partial charge is 0.387 e. The van der Waals surface area contributed by atoms with E-state index in [4.69, 9.17) is 5.26 Å². The number of nitrogens with zero attached hydrogens (tertiary/aromatic N) is 7. The average Bonchev–Trinajstić information content (AvgIpc) is 3.46. The highest BCUT2D eigenvalue weighted by atomic mass is 19.1. The maximum atomic E-state index is 14.2. The topological polar surface area (TPSA) is 146 Å². The van der Waals surface area contributed by atoms with Crippen molar-refractivity contribution < 1.29 is 18.7 Å². The lowest BCUT2D eigenvalue weighted by atomic mass is 10.0. The van der Waals surface area contributed by atoms with Crippen LogP contribution in [-0.4, -0.2) is 64.4 Å². The predicted octanol–water partition coefficient (Wildman–Crippen LogP) is 3.19. The van der Waals surface area contributed by atoms with E-state index in [0.29, 0.717) is 34.0 Å². The molecule has 3 N–H and O–H groups in total. The average molecular weight is 524 g/mol. The van der Waals surface area contributed by atoms with E-state index in [9.17, 15) is 18.7 Å². The summed E-state index contributed by atoms with van der Waals surface area (Å²) in [6, 6.07) is 5.18. The molecular weight excluding hydrogens is 496 g/mol. The minimum atomic E-state index is -1.69. The van der Waals surface area contributed by atoms with Crippen molar-refractivity contribution in [2.45, 2.75) is 51.7 Å². The quantitative estimate of drug-likeness (QED) is 0.303. The third-order valence-electron chi connectivity index (χ3n) is 5.56. The third-order valence-corrected chi connectivity index (χ3v) is 5.56. The lowest BCUT2D eigenvalue weighted by Gasteiger charge is -2.22. The van der Waals surface area contributed by atoms with Crippen LogP contribution in [-0.2, 0) is 6.54 Å². The summed E-state index contributed by atoms with van der Waals surface area (Å²) in [5, 5.41) is 32.9. The van der Waals surface area contributed by atoms with Crippen molar-refractivity contribution in [2.24, 2.45) is 0 Å². The van der Waals surface area contributed by atoms with E-state index in [2.05, 4.69) is 30.8 Å². The molecule has 0 saturated carbocycles. The number of aliphatic hydroxyl groups is 1. The van der Waals surface area contributed by atoms with Gasteiger partial charge in [-0.05, 0) is 33.8 Å². The van der Waals surface area contributed by atoms with Gasteiger partial charge in [-0.2, -0.15) is 15.5 Å². The number of fused-ring (bicyclic) bond motifs is 1. The molecule has 13 heteroatoms. The van der Waals surface area contributed by atoms with E-state index >= 15 is 0 Å². The zero-order valence-electron chi connectivity index (χ0n) is 21.3. The van der Waals surface area contributed by atoms with Crippen LogP contribution in [0.3, 0.4) is 0 Å². The molecule has 4 rings (SSSR count). The highest BCUT2D eigenvalue weighted by Gasteiger charge is 2.27. The Morgan fingerprint density at radius 2 is 1.92 bits per heavy atom. The molecule has 11 nitrogen and oxygen atoms in total. The molecule has 0 saturated heterocycles. The second-order valence-electron chi connectivity index (χ2n) is 9.99. The third kappa shape index (κ3) is 6.09. The fraction of sp³-hybridized carbons (Fsp3) is 0.360. The van der Waals surface area contributed by atoms with Gasteiger partial charge in [-0.15, -0.1) is 0 Å². The van der Waals surface area contributed by atoms with Crippen molar-refractivity contribution in [1.29, 1.82) is 5.26 Å². The molecule has 4 aromatic heterocycles. The van der Waals surface area contributed by atoms with Gasteiger partial charge in [0.05, 0.1) is 65.5 Å². The maximum Gasteiger partial charge on any atom is 0.255 e.